The number of ether oxygens (including phenoxy) is 2. The number of fused-ring (bicyclic) bond motifs is 1. The Labute approximate surface area is 238 Å². The lowest BCUT2D eigenvalue weighted by Crippen LogP contribution is -2.47. The van der Waals surface area contributed by atoms with E-state index in [0.717, 1.165) is 60.7 Å². The Kier molecular flexibility index (Phi) is 8.90. The molecule has 1 aliphatic rings. The van der Waals surface area contributed by atoms with Crippen molar-refractivity contribution in [2.75, 3.05) is 54.0 Å². The van der Waals surface area contributed by atoms with E-state index in [1.807, 2.05) is 24.3 Å². The predicted molar refractivity (Wildman–Crippen MR) is 164 cm³/mol. The van der Waals surface area contributed by atoms with Crippen molar-refractivity contribution in [3.63, 3.8) is 0 Å². The van der Waals surface area contributed by atoms with E-state index < -0.39 is 6.10 Å². The third-order valence-electron chi connectivity index (χ3n) is 7.98. The number of aliphatic hydroxyl groups is 1. The summed E-state index contributed by atoms with van der Waals surface area (Å²) in [6.07, 6.45) is 2.64. The van der Waals surface area contributed by atoms with Crippen LogP contribution in [0.1, 0.15) is 30.0 Å². The van der Waals surface area contributed by atoms with Gasteiger partial charge in [-0.25, -0.2) is 0 Å². The highest BCUT2D eigenvalue weighted by Gasteiger charge is 2.21. The fourth-order valence-corrected chi connectivity index (χ4v) is 5.80. The molecule has 5 rings (SSSR count). The van der Waals surface area contributed by atoms with Crippen LogP contribution < -0.4 is 9.47 Å². The zero-order chi connectivity index (χ0) is 28.1. The molecule has 1 fully saturated rings. The zero-order valence-electron chi connectivity index (χ0n) is 24.1. The van der Waals surface area contributed by atoms with Crippen molar-refractivity contribution in [2.45, 2.75) is 26.0 Å². The maximum Gasteiger partial charge on any atom is 0.119 e. The molecule has 0 spiro atoms. The maximum atomic E-state index is 11.1. The first-order valence-corrected chi connectivity index (χ1v) is 14.2. The van der Waals surface area contributed by atoms with Crippen LogP contribution >= 0.6 is 0 Å². The molecule has 210 valence electrons. The number of piperazine rings is 1. The number of nitrogens with zero attached hydrogens (tertiary/aromatic N) is 3. The van der Waals surface area contributed by atoms with Gasteiger partial charge in [0.25, 0.3) is 0 Å². The van der Waals surface area contributed by atoms with E-state index in [1.165, 1.54) is 22.1 Å². The molecule has 0 aliphatic carbocycles. The number of β-amino-alcohol motifs (C(OH)–C–C–N with tert-alkyl or cyclic N) is 1. The molecule has 4 aromatic rings. The highest BCUT2D eigenvalue weighted by Crippen LogP contribution is 2.39. The Bertz CT molecular complexity index is 1450. The highest BCUT2D eigenvalue weighted by molar-refractivity contribution is 6.05. The van der Waals surface area contributed by atoms with Gasteiger partial charge < -0.3 is 24.0 Å². The second kappa shape index (κ2) is 12.7. The van der Waals surface area contributed by atoms with Gasteiger partial charge >= 0.3 is 0 Å². The van der Waals surface area contributed by atoms with E-state index >= 15 is 0 Å². The number of hydrogen-bond donors (Lipinski definition) is 1. The lowest BCUT2D eigenvalue weighted by Gasteiger charge is -2.33. The summed E-state index contributed by atoms with van der Waals surface area (Å²) in [6.45, 7) is 7.56. The molecule has 0 amide bonds. The smallest absolute Gasteiger partial charge is 0.119 e. The first-order chi connectivity index (χ1) is 19.5. The van der Waals surface area contributed by atoms with Crippen molar-refractivity contribution in [1.82, 2.24) is 14.4 Å². The van der Waals surface area contributed by atoms with Gasteiger partial charge in [0.05, 0.1) is 20.3 Å². The molecule has 2 heterocycles. The Morgan fingerprint density at radius 2 is 1.55 bits per heavy atom. The van der Waals surface area contributed by atoms with Crippen LogP contribution in [0.25, 0.3) is 22.0 Å². The van der Waals surface area contributed by atoms with Gasteiger partial charge in [0, 0.05) is 61.9 Å². The van der Waals surface area contributed by atoms with Gasteiger partial charge in [-0.2, -0.15) is 0 Å². The largest absolute Gasteiger partial charge is 0.497 e. The Morgan fingerprint density at radius 1 is 0.825 bits per heavy atom. The molecule has 3 aromatic carbocycles. The number of allylic oxidation sites excluding steroid dienone is 1. The molecule has 1 aromatic heterocycles. The van der Waals surface area contributed by atoms with Crippen molar-refractivity contribution >= 4 is 22.0 Å². The quantitative estimate of drug-likeness (QED) is 0.283. The summed E-state index contributed by atoms with van der Waals surface area (Å²) >= 11 is 0. The highest BCUT2D eigenvalue weighted by atomic mass is 16.5. The van der Waals surface area contributed by atoms with Crippen molar-refractivity contribution in [1.29, 1.82) is 0 Å². The molecule has 0 saturated carbocycles. The Morgan fingerprint density at radius 3 is 2.25 bits per heavy atom. The average Bonchev–Trinajstić information content (AvgIpc) is 3.34. The van der Waals surface area contributed by atoms with Gasteiger partial charge in [0.15, 0.2) is 0 Å². The number of likely N-dealkylation sites (N-methyl/N-ethyl adjacent to an activating group) is 1. The van der Waals surface area contributed by atoms with Crippen molar-refractivity contribution in [3.05, 3.63) is 95.7 Å². The summed E-state index contributed by atoms with van der Waals surface area (Å²) in [5.41, 5.74) is 6.98. The molecule has 0 radical (unpaired) electrons. The third kappa shape index (κ3) is 6.09. The Hall–Kier alpha value is -3.58. The Balaban J connectivity index is 1.59. The fourth-order valence-electron chi connectivity index (χ4n) is 5.80. The normalized spacial score (nSPS) is 16.1. The molecule has 1 atom stereocenters. The molecule has 1 aliphatic heterocycles. The number of rotatable bonds is 10. The van der Waals surface area contributed by atoms with Crippen molar-refractivity contribution in [3.8, 4) is 11.5 Å². The minimum absolute atomic E-state index is 0.444. The second-order valence-corrected chi connectivity index (χ2v) is 10.6. The second-order valence-electron chi connectivity index (χ2n) is 10.6. The van der Waals surface area contributed by atoms with Crippen LogP contribution in [0.15, 0.2) is 79.0 Å². The van der Waals surface area contributed by atoms with E-state index in [-0.39, 0.29) is 0 Å². The number of para-hydroxylation sites is 1. The molecular weight excluding hydrogens is 498 g/mol. The molecule has 0 bridgehead atoms. The molecule has 1 saturated heterocycles. The van der Waals surface area contributed by atoms with Crippen LogP contribution in [-0.2, 0) is 6.54 Å². The van der Waals surface area contributed by atoms with Gasteiger partial charge in [0.2, 0.25) is 0 Å². The minimum atomic E-state index is -0.444. The van der Waals surface area contributed by atoms with Gasteiger partial charge in [0.1, 0.15) is 11.5 Å². The van der Waals surface area contributed by atoms with Crippen LogP contribution in [0.4, 0.5) is 0 Å². The average molecular weight is 540 g/mol. The van der Waals surface area contributed by atoms with E-state index in [2.05, 4.69) is 83.1 Å². The lowest BCUT2D eigenvalue weighted by molar-refractivity contribution is 0.0717. The van der Waals surface area contributed by atoms with Crippen LogP contribution in [0.2, 0.25) is 0 Å². The van der Waals surface area contributed by atoms with Gasteiger partial charge in [-0.3, -0.25) is 4.90 Å². The molecular formula is C34H41N3O3. The molecule has 1 N–H and O–H groups in total. The maximum absolute atomic E-state index is 11.1. The lowest BCUT2D eigenvalue weighted by atomic mass is 9.88. The number of aliphatic hydroxyl groups excluding tert-OH is 1. The first-order valence-electron chi connectivity index (χ1n) is 14.2. The monoisotopic (exact) mass is 539 g/mol. The molecule has 40 heavy (non-hydrogen) atoms. The predicted octanol–water partition coefficient (Wildman–Crippen LogP) is 5.64. The molecule has 1 unspecified atom stereocenters. The van der Waals surface area contributed by atoms with Crippen molar-refractivity contribution in [2.24, 2.45) is 0 Å². The van der Waals surface area contributed by atoms with E-state index in [9.17, 15) is 5.11 Å². The van der Waals surface area contributed by atoms with Crippen molar-refractivity contribution < 1.29 is 14.6 Å². The van der Waals surface area contributed by atoms with Gasteiger partial charge in [-0.05, 0) is 66.1 Å². The third-order valence-corrected chi connectivity index (χ3v) is 7.98. The summed E-state index contributed by atoms with van der Waals surface area (Å²) in [6, 6.07) is 25.1. The van der Waals surface area contributed by atoms with Crippen LogP contribution in [-0.4, -0.2) is 79.6 Å². The molecule has 6 nitrogen and oxygen atoms in total. The number of methoxy groups -OCH3 is 2. The minimum Gasteiger partial charge on any atom is -0.497 e. The van der Waals surface area contributed by atoms with E-state index in [1.54, 1.807) is 14.2 Å². The van der Waals surface area contributed by atoms with Crippen LogP contribution in [0.5, 0.6) is 11.5 Å². The zero-order valence-corrected chi connectivity index (χ0v) is 24.1. The summed E-state index contributed by atoms with van der Waals surface area (Å²) in [5, 5.41) is 12.3. The summed E-state index contributed by atoms with van der Waals surface area (Å²) in [7, 11) is 5.56. The van der Waals surface area contributed by atoms with E-state index in [0.29, 0.717) is 13.1 Å². The SMILES string of the molecule is CC/C(=C(/c1ccc(OC)cc1)c1cccc(OC)c1)c1cn(CC(O)CN2CCN(C)CC2)c2ccccc12. The standard InChI is InChI=1S/C34H41N3O3/c1-5-30(34(25-13-15-28(39-3)16-14-25)26-9-8-10-29(21-26)40-4)32-24-37(33-12-7-6-11-31(32)33)23-27(38)22-36-19-17-35(2)18-20-36/h6-16,21,24,27,38H,5,17-20,22-23H2,1-4H3/b34-30+. The summed E-state index contributed by atoms with van der Waals surface area (Å²) in [4.78, 5) is 4.72. The van der Waals surface area contributed by atoms with Gasteiger partial charge in [-0.15, -0.1) is 0 Å². The topological polar surface area (TPSA) is 50.1 Å². The fraction of sp³-hybridized carbons (Fsp3) is 0.353. The van der Waals surface area contributed by atoms with E-state index in [4.69, 9.17) is 9.47 Å². The number of hydrogen-bond acceptors (Lipinski definition) is 5. The van der Waals surface area contributed by atoms with Gasteiger partial charge in [-0.1, -0.05) is 49.4 Å². The summed E-state index contributed by atoms with van der Waals surface area (Å²) in [5.74, 6) is 1.66. The number of benzene rings is 3. The molecule has 6 heteroatoms. The summed E-state index contributed by atoms with van der Waals surface area (Å²) < 4.78 is 13.3. The first kappa shape index (κ1) is 28.0. The van der Waals surface area contributed by atoms with Crippen LogP contribution in [0, 0.1) is 0 Å². The number of aromatic nitrogens is 1. The van der Waals surface area contributed by atoms with Crippen LogP contribution in [0.3, 0.4) is 0 Å².